The van der Waals surface area contributed by atoms with Crippen molar-refractivity contribution in [3.63, 3.8) is 0 Å². The average molecular weight is 214 g/mol. The number of para-hydroxylation sites is 1. The number of hydrogen-bond acceptors (Lipinski definition) is 4. The first-order valence-electron chi connectivity index (χ1n) is 4.91. The smallest absolute Gasteiger partial charge is 0.192 e. The van der Waals surface area contributed by atoms with Crippen molar-refractivity contribution in [3.8, 4) is 11.1 Å². The van der Waals surface area contributed by atoms with Crippen LogP contribution in [0.2, 0.25) is 0 Å². The second kappa shape index (κ2) is 3.10. The monoisotopic (exact) mass is 214 g/mol. The van der Waals surface area contributed by atoms with Crippen LogP contribution in [0.5, 0.6) is 0 Å². The topological polar surface area (TPSA) is 80.7 Å². The number of anilines is 1. The minimum absolute atomic E-state index is 0.535. The van der Waals surface area contributed by atoms with E-state index in [4.69, 9.17) is 10.2 Å². The molecule has 1 aromatic carbocycles. The maximum absolute atomic E-state index is 5.79. The van der Waals surface area contributed by atoms with Gasteiger partial charge in [0.2, 0.25) is 0 Å². The van der Waals surface area contributed by atoms with Crippen molar-refractivity contribution in [1.29, 1.82) is 0 Å². The molecule has 0 saturated carbocycles. The summed E-state index contributed by atoms with van der Waals surface area (Å²) in [5.74, 6) is 1.18. The number of nitrogens with two attached hydrogens (primary N) is 1. The summed E-state index contributed by atoms with van der Waals surface area (Å²) in [5, 5.41) is 6.61. The quantitative estimate of drug-likeness (QED) is 0.650. The van der Waals surface area contributed by atoms with E-state index in [1.165, 1.54) is 0 Å². The van der Waals surface area contributed by atoms with E-state index < -0.39 is 0 Å². The Morgan fingerprint density at radius 2 is 2.19 bits per heavy atom. The highest BCUT2D eigenvalue weighted by atomic mass is 16.3. The minimum Gasteiger partial charge on any atom is -0.441 e. The molecule has 0 amide bonds. The van der Waals surface area contributed by atoms with Crippen molar-refractivity contribution in [3.05, 3.63) is 30.3 Å². The predicted octanol–water partition coefficient (Wildman–Crippen LogP) is 2.11. The van der Waals surface area contributed by atoms with E-state index in [1.807, 2.05) is 25.1 Å². The Morgan fingerprint density at radius 3 is 2.94 bits per heavy atom. The first kappa shape index (κ1) is 8.96. The molecule has 3 rings (SSSR count). The highest BCUT2D eigenvalue weighted by molar-refractivity contribution is 5.93. The molecule has 5 nitrogen and oxygen atoms in total. The van der Waals surface area contributed by atoms with E-state index in [0.29, 0.717) is 11.7 Å². The fourth-order valence-corrected chi connectivity index (χ4v) is 1.79. The third kappa shape index (κ3) is 1.18. The molecule has 2 aromatic heterocycles. The van der Waals surface area contributed by atoms with Gasteiger partial charge in [0.15, 0.2) is 11.5 Å². The van der Waals surface area contributed by atoms with Crippen LogP contribution >= 0.6 is 0 Å². The van der Waals surface area contributed by atoms with Gasteiger partial charge >= 0.3 is 0 Å². The van der Waals surface area contributed by atoms with Crippen LogP contribution < -0.4 is 5.73 Å². The van der Waals surface area contributed by atoms with Gasteiger partial charge in [0.05, 0.1) is 6.20 Å². The second-order valence-corrected chi connectivity index (χ2v) is 3.58. The average Bonchev–Trinajstić information content (AvgIpc) is 2.82. The fraction of sp³-hybridized carbons (Fsp3) is 0.0909. The highest BCUT2D eigenvalue weighted by Crippen LogP contribution is 2.30. The number of aryl methyl sites for hydroxylation is 1. The summed E-state index contributed by atoms with van der Waals surface area (Å²) in [6, 6.07) is 5.75. The molecule has 0 bridgehead atoms. The molecule has 0 fully saturated rings. The molecule has 0 spiro atoms. The van der Waals surface area contributed by atoms with Crippen LogP contribution in [0.3, 0.4) is 0 Å². The fourth-order valence-electron chi connectivity index (χ4n) is 1.79. The number of oxazole rings is 1. The van der Waals surface area contributed by atoms with Gasteiger partial charge in [-0.15, -0.1) is 0 Å². The standard InChI is InChI=1S/C11H10N4O/c1-6-14-10-7(3-2-4-9(10)16-6)8-5-13-15-11(8)12/h2-5H,1H3,(H3,12,13,15). The van der Waals surface area contributed by atoms with Crippen molar-refractivity contribution in [2.24, 2.45) is 0 Å². The lowest BCUT2D eigenvalue weighted by molar-refractivity contribution is 0.561. The number of aromatic amines is 1. The van der Waals surface area contributed by atoms with Gasteiger partial charge < -0.3 is 10.2 Å². The SMILES string of the molecule is Cc1nc2c(-c3cn[nH]c3N)cccc2o1. The van der Waals surface area contributed by atoms with Gasteiger partial charge in [-0.25, -0.2) is 4.98 Å². The number of nitrogens with one attached hydrogen (secondary N) is 1. The first-order chi connectivity index (χ1) is 7.75. The summed E-state index contributed by atoms with van der Waals surface area (Å²) in [4.78, 5) is 4.35. The molecule has 2 heterocycles. The Morgan fingerprint density at radius 1 is 1.31 bits per heavy atom. The molecule has 80 valence electrons. The summed E-state index contributed by atoms with van der Waals surface area (Å²) in [5.41, 5.74) is 9.14. The zero-order valence-corrected chi connectivity index (χ0v) is 8.69. The first-order valence-corrected chi connectivity index (χ1v) is 4.91. The lowest BCUT2D eigenvalue weighted by Crippen LogP contribution is -1.88. The maximum atomic E-state index is 5.79. The van der Waals surface area contributed by atoms with Crippen molar-refractivity contribution >= 4 is 16.9 Å². The van der Waals surface area contributed by atoms with Crippen LogP contribution in [0.15, 0.2) is 28.8 Å². The molecule has 5 heteroatoms. The Balaban J connectivity index is 2.35. The molecule has 0 atom stereocenters. The number of H-pyrrole nitrogens is 1. The highest BCUT2D eigenvalue weighted by Gasteiger charge is 2.12. The molecule has 16 heavy (non-hydrogen) atoms. The lowest BCUT2D eigenvalue weighted by Gasteiger charge is -1.98. The number of rotatable bonds is 1. The van der Waals surface area contributed by atoms with E-state index in [1.54, 1.807) is 6.20 Å². The predicted molar refractivity (Wildman–Crippen MR) is 60.7 cm³/mol. The molecular formula is C11H10N4O. The molecule has 0 aliphatic carbocycles. The van der Waals surface area contributed by atoms with Crippen LogP contribution in [-0.4, -0.2) is 15.2 Å². The summed E-state index contributed by atoms with van der Waals surface area (Å²) in [7, 11) is 0. The van der Waals surface area contributed by atoms with Gasteiger partial charge in [0.25, 0.3) is 0 Å². The number of nitrogen functional groups attached to an aromatic ring is 1. The second-order valence-electron chi connectivity index (χ2n) is 3.58. The van der Waals surface area contributed by atoms with Crippen molar-refractivity contribution in [2.45, 2.75) is 6.92 Å². The summed E-state index contributed by atoms with van der Waals surface area (Å²) in [6.07, 6.45) is 1.69. The van der Waals surface area contributed by atoms with Gasteiger partial charge in [-0.1, -0.05) is 12.1 Å². The molecule has 0 saturated heterocycles. The summed E-state index contributed by atoms with van der Waals surface area (Å²) < 4.78 is 5.46. The Labute approximate surface area is 91.3 Å². The third-order valence-corrected chi connectivity index (χ3v) is 2.48. The maximum Gasteiger partial charge on any atom is 0.192 e. The van der Waals surface area contributed by atoms with Crippen molar-refractivity contribution in [2.75, 3.05) is 5.73 Å². The van der Waals surface area contributed by atoms with Gasteiger partial charge in [0, 0.05) is 18.1 Å². The Bertz CT molecular complexity index is 653. The van der Waals surface area contributed by atoms with E-state index in [-0.39, 0.29) is 0 Å². The van der Waals surface area contributed by atoms with Gasteiger partial charge in [-0.3, -0.25) is 5.10 Å². The molecule has 3 N–H and O–H groups in total. The summed E-state index contributed by atoms with van der Waals surface area (Å²) >= 11 is 0. The number of benzene rings is 1. The molecule has 0 unspecified atom stereocenters. The molecular weight excluding hydrogens is 204 g/mol. The minimum atomic E-state index is 0.535. The molecule has 0 aliphatic rings. The van der Waals surface area contributed by atoms with Crippen LogP contribution in [-0.2, 0) is 0 Å². The molecule has 3 aromatic rings. The van der Waals surface area contributed by atoms with E-state index in [0.717, 1.165) is 22.2 Å². The van der Waals surface area contributed by atoms with Crippen molar-refractivity contribution in [1.82, 2.24) is 15.2 Å². The van der Waals surface area contributed by atoms with Gasteiger partial charge in [-0.05, 0) is 6.07 Å². The van der Waals surface area contributed by atoms with Crippen LogP contribution in [0.4, 0.5) is 5.82 Å². The van der Waals surface area contributed by atoms with Gasteiger partial charge in [0.1, 0.15) is 11.3 Å². The summed E-state index contributed by atoms with van der Waals surface area (Å²) in [6.45, 7) is 1.82. The van der Waals surface area contributed by atoms with Crippen LogP contribution in [0.1, 0.15) is 5.89 Å². The number of nitrogens with zero attached hydrogens (tertiary/aromatic N) is 2. The third-order valence-electron chi connectivity index (χ3n) is 2.48. The largest absolute Gasteiger partial charge is 0.441 e. The van der Waals surface area contributed by atoms with Crippen molar-refractivity contribution < 1.29 is 4.42 Å². The number of fused-ring (bicyclic) bond motifs is 1. The van der Waals surface area contributed by atoms with E-state index in [9.17, 15) is 0 Å². The van der Waals surface area contributed by atoms with E-state index in [2.05, 4.69) is 15.2 Å². The lowest BCUT2D eigenvalue weighted by atomic mass is 10.1. The number of aromatic nitrogens is 3. The van der Waals surface area contributed by atoms with Crippen LogP contribution in [0, 0.1) is 6.92 Å². The number of hydrogen-bond donors (Lipinski definition) is 2. The van der Waals surface area contributed by atoms with E-state index >= 15 is 0 Å². The Kier molecular flexibility index (Phi) is 1.73. The zero-order chi connectivity index (χ0) is 11.1. The Hall–Kier alpha value is -2.30. The normalized spacial score (nSPS) is 11.1. The zero-order valence-electron chi connectivity index (χ0n) is 8.69. The molecule has 0 radical (unpaired) electrons. The molecule has 0 aliphatic heterocycles. The van der Waals surface area contributed by atoms with Crippen LogP contribution in [0.25, 0.3) is 22.2 Å². The van der Waals surface area contributed by atoms with Gasteiger partial charge in [-0.2, -0.15) is 5.10 Å².